The van der Waals surface area contributed by atoms with Crippen molar-refractivity contribution in [3.8, 4) is 0 Å². The van der Waals surface area contributed by atoms with E-state index in [4.69, 9.17) is 5.73 Å². The molecule has 3 heteroatoms. The van der Waals surface area contributed by atoms with Gasteiger partial charge in [0, 0.05) is 5.92 Å². The van der Waals surface area contributed by atoms with Crippen LogP contribution in [0.2, 0.25) is 0 Å². The van der Waals surface area contributed by atoms with Gasteiger partial charge in [0.05, 0.1) is 0 Å². The summed E-state index contributed by atoms with van der Waals surface area (Å²) in [6.07, 6.45) is 1.72. The minimum absolute atomic E-state index is 0.205. The Bertz CT molecular complexity index is 138. The molecular weight excluding hydrogens is 133 g/mol. The van der Waals surface area contributed by atoms with E-state index < -0.39 is 6.17 Å². The molecule has 1 rings (SSSR count). The van der Waals surface area contributed by atoms with Gasteiger partial charge in [0.2, 0.25) is 5.91 Å². The molecule has 1 amide bonds. The molecule has 0 radical (unpaired) electrons. The van der Waals surface area contributed by atoms with Crippen LogP contribution in [0.15, 0.2) is 0 Å². The Labute approximate surface area is 59.6 Å². The standard InChI is InChI=1S/C7H12FNO/c8-6-3-1-2-5(4-6)7(9)10/h5-6H,1-4H2,(H2,9,10). The third kappa shape index (κ3) is 1.69. The second kappa shape index (κ2) is 2.99. The number of amides is 1. The molecule has 0 spiro atoms. The number of alkyl halides is 1. The summed E-state index contributed by atoms with van der Waals surface area (Å²) in [5.41, 5.74) is 5.02. The molecule has 1 aliphatic rings. The molecule has 0 saturated heterocycles. The maximum atomic E-state index is 12.6. The van der Waals surface area contributed by atoms with Gasteiger partial charge in [0.1, 0.15) is 6.17 Å². The van der Waals surface area contributed by atoms with E-state index in [1.165, 1.54) is 0 Å². The Balaban J connectivity index is 2.39. The van der Waals surface area contributed by atoms with Gasteiger partial charge in [-0.3, -0.25) is 4.79 Å². The van der Waals surface area contributed by atoms with E-state index in [0.717, 1.165) is 12.8 Å². The molecule has 0 bridgehead atoms. The highest BCUT2D eigenvalue weighted by atomic mass is 19.1. The van der Waals surface area contributed by atoms with Gasteiger partial charge in [0.25, 0.3) is 0 Å². The highest BCUT2D eigenvalue weighted by Gasteiger charge is 2.24. The SMILES string of the molecule is NC(=O)C1CCCC(F)C1. The fourth-order valence-corrected chi connectivity index (χ4v) is 1.39. The van der Waals surface area contributed by atoms with Crippen molar-refractivity contribution < 1.29 is 9.18 Å². The predicted molar refractivity (Wildman–Crippen MR) is 36.0 cm³/mol. The van der Waals surface area contributed by atoms with Gasteiger partial charge in [-0.2, -0.15) is 0 Å². The lowest BCUT2D eigenvalue weighted by atomic mass is 9.88. The van der Waals surface area contributed by atoms with Gasteiger partial charge in [-0.15, -0.1) is 0 Å². The molecule has 2 nitrogen and oxygen atoms in total. The quantitative estimate of drug-likeness (QED) is 0.587. The summed E-state index contributed by atoms with van der Waals surface area (Å²) in [5.74, 6) is -0.550. The average molecular weight is 145 g/mol. The largest absolute Gasteiger partial charge is 0.369 e. The molecule has 1 fully saturated rings. The third-order valence-corrected chi connectivity index (χ3v) is 2.01. The molecule has 1 aliphatic carbocycles. The molecule has 0 aromatic rings. The molecule has 0 aliphatic heterocycles. The minimum Gasteiger partial charge on any atom is -0.369 e. The van der Waals surface area contributed by atoms with Crippen LogP contribution >= 0.6 is 0 Å². The monoisotopic (exact) mass is 145 g/mol. The topological polar surface area (TPSA) is 43.1 Å². The predicted octanol–water partition coefficient (Wildman–Crippen LogP) is 1.000. The number of carbonyl (C=O) groups is 1. The van der Waals surface area contributed by atoms with Crippen molar-refractivity contribution in [2.24, 2.45) is 11.7 Å². The highest BCUT2D eigenvalue weighted by Crippen LogP contribution is 2.25. The summed E-state index contributed by atoms with van der Waals surface area (Å²) in [6.45, 7) is 0. The number of halogens is 1. The summed E-state index contributed by atoms with van der Waals surface area (Å²) in [5, 5.41) is 0. The first-order valence-corrected chi connectivity index (χ1v) is 3.63. The first kappa shape index (κ1) is 7.51. The molecule has 10 heavy (non-hydrogen) atoms. The van der Waals surface area contributed by atoms with Crippen LogP contribution in [0.3, 0.4) is 0 Å². The highest BCUT2D eigenvalue weighted by molar-refractivity contribution is 5.76. The second-order valence-electron chi connectivity index (χ2n) is 2.86. The van der Waals surface area contributed by atoms with Crippen LogP contribution in [-0.2, 0) is 4.79 Å². The first-order valence-electron chi connectivity index (χ1n) is 3.63. The number of hydrogen-bond acceptors (Lipinski definition) is 1. The van der Waals surface area contributed by atoms with E-state index >= 15 is 0 Å². The van der Waals surface area contributed by atoms with Crippen molar-refractivity contribution in [2.75, 3.05) is 0 Å². The summed E-state index contributed by atoms with van der Waals surface area (Å²) in [7, 11) is 0. The van der Waals surface area contributed by atoms with Crippen LogP contribution in [-0.4, -0.2) is 12.1 Å². The first-order chi connectivity index (χ1) is 4.70. The summed E-state index contributed by atoms with van der Waals surface area (Å²) < 4.78 is 12.6. The Hall–Kier alpha value is -0.600. The van der Waals surface area contributed by atoms with E-state index in [1.807, 2.05) is 0 Å². The molecule has 1 saturated carbocycles. The van der Waals surface area contributed by atoms with Gasteiger partial charge >= 0.3 is 0 Å². The third-order valence-electron chi connectivity index (χ3n) is 2.01. The summed E-state index contributed by atoms with van der Waals surface area (Å²) in [6, 6.07) is 0. The molecular formula is C7H12FNO. The van der Waals surface area contributed by atoms with Gasteiger partial charge in [0.15, 0.2) is 0 Å². The number of primary amides is 1. The number of nitrogens with two attached hydrogens (primary N) is 1. The molecule has 0 aromatic carbocycles. The van der Waals surface area contributed by atoms with Crippen molar-refractivity contribution in [1.29, 1.82) is 0 Å². The average Bonchev–Trinajstić information content (AvgIpc) is 1.88. The number of hydrogen-bond donors (Lipinski definition) is 1. The summed E-state index contributed by atoms with van der Waals surface area (Å²) in [4.78, 5) is 10.6. The van der Waals surface area contributed by atoms with Crippen LogP contribution in [0, 0.1) is 5.92 Å². The molecule has 2 N–H and O–H groups in total. The van der Waals surface area contributed by atoms with Crippen molar-refractivity contribution in [1.82, 2.24) is 0 Å². The van der Waals surface area contributed by atoms with Gasteiger partial charge in [-0.25, -0.2) is 4.39 Å². The Morgan fingerprint density at radius 2 is 2.20 bits per heavy atom. The molecule has 0 aromatic heterocycles. The fraction of sp³-hybridized carbons (Fsp3) is 0.857. The van der Waals surface area contributed by atoms with Gasteiger partial charge in [-0.05, 0) is 25.7 Å². The maximum absolute atomic E-state index is 12.6. The Morgan fingerprint density at radius 1 is 1.50 bits per heavy atom. The van der Waals surface area contributed by atoms with E-state index in [9.17, 15) is 9.18 Å². The zero-order valence-corrected chi connectivity index (χ0v) is 5.85. The fourth-order valence-electron chi connectivity index (χ4n) is 1.39. The zero-order chi connectivity index (χ0) is 7.56. The van der Waals surface area contributed by atoms with Gasteiger partial charge < -0.3 is 5.73 Å². The molecule has 0 heterocycles. The van der Waals surface area contributed by atoms with Gasteiger partial charge in [-0.1, -0.05) is 0 Å². The smallest absolute Gasteiger partial charge is 0.220 e. The van der Waals surface area contributed by atoms with Crippen LogP contribution in [0.1, 0.15) is 25.7 Å². The normalized spacial score (nSPS) is 33.7. The van der Waals surface area contributed by atoms with Crippen LogP contribution in [0.5, 0.6) is 0 Å². The van der Waals surface area contributed by atoms with Crippen LogP contribution < -0.4 is 5.73 Å². The van der Waals surface area contributed by atoms with E-state index in [0.29, 0.717) is 12.8 Å². The zero-order valence-electron chi connectivity index (χ0n) is 5.85. The maximum Gasteiger partial charge on any atom is 0.220 e. The lowest BCUT2D eigenvalue weighted by Gasteiger charge is -2.21. The summed E-state index contributed by atoms with van der Waals surface area (Å²) >= 11 is 0. The van der Waals surface area contributed by atoms with E-state index in [1.54, 1.807) is 0 Å². The van der Waals surface area contributed by atoms with E-state index in [-0.39, 0.29) is 11.8 Å². The van der Waals surface area contributed by atoms with Crippen molar-refractivity contribution in [2.45, 2.75) is 31.9 Å². The van der Waals surface area contributed by atoms with Crippen molar-refractivity contribution in [3.05, 3.63) is 0 Å². The van der Waals surface area contributed by atoms with Crippen LogP contribution in [0.4, 0.5) is 4.39 Å². The lowest BCUT2D eigenvalue weighted by molar-refractivity contribution is -0.123. The van der Waals surface area contributed by atoms with E-state index in [2.05, 4.69) is 0 Å². The molecule has 2 unspecified atom stereocenters. The second-order valence-corrected chi connectivity index (χ2v) is 2.86. The van der Waals surface area contributed by atoms with Crippen LogP contribution in [0.25, 0.3) is 0 Å². The minimum atomic E-state index is -0.800. The molecule has 2 atom stereocenters. The Kier molecular flexibility index (Phi) is 2.25. The van der Waals surface area contributed by atoms with Crippen molar-refractivity contribution >= 4 is 5.91 Å². The number of carbonyl (C=O) groups excluding carboxylic acids is 1. The Morgan fingerprint density at radius 3 is 2.60 bits per heavy atom. The number of rotatable bonds is 1. The molecule has 58 valence electrons. The van der Waals surface area contributed by atoms with Crippen molar-refractivity contribution in [3.63, 3.8) is 0 Å². The lowest BCUT2D eigenvalue weighted by Crippen LogP contribution is -2.28.